The molecule has 11 heteroatoms. The van der Waals surface area contributed by atoms with Gasteiger partial charge in [0.2, 0.25) is 11.8 Å². The average Bonchev–Trinajstić information content (AvgIpc) is 3.51. The van der Waals surface area contributed by atoms with Crippen LogP contribution in [-0.4, -0.2) is 65.4 Å². The van der Waals surface area contributed by atoms with E-state index in [2.05, 4.69) is 10.6 Å². The summed E-state index contributed by atoms with van der Waals surface area (Å²) in [6, 6.07) is 11.4. The summed E-state index contributed by atoms with van der Waals surface area (Å²) in [5, 5.41) is 5.60. The number of ketones is 1. The third kappa shape index (κ3) is 8.44. The summed E-state index contributed by atoms with van der Waals surface area (Å²) < 4.78 is 24.2. The molecule has 4 atom stereocenters. The Bertz CT molecular complexity index is 1530. The smallest absolute Gasteiger partial charge is 0.408 e. The van der Waals surface area contributed by atoms with Crippen molar-refractivity contribution in [2.24, 2.45) is 11.8 Å². The molecule has 0 bridgehead atoms. The second-order valence-electron chi connectivity index (χ2n) is 13.5. The lowest BCUT2D eigenvalue weighted by molar-refractivity contribution is -0.139. The van der Waals surface area contributed by atoms with Crippen LogP contribution in [0.3, 0.4) is 0 Å². The molecule has 0 aromatic heterocycles. The molecule has 0 aliphatic carbocycles. The number of nitrogens with zero attached hydrogens (tertiary/aromatic N) is 1. The molecule has 1 spiro atoms. The van der Waals surface area contributed by atoms with Crippen LogP contribution in [0.25, 0.3) is 0 Å². The lowest BCUT2D eigenvalue weighted by Crippen LogP contribution is -2.48. The third-order valence-electron chi connectivity index (χ3n) is 8.43. The number of Topliss-reactive ketones (excluding diaryl/α,β-unsaturated/α-hetero) is 1. The summed E-state index contributed by atoms with van der Waals surface area (Å²) in [5.74, 6) is -3.30. The highest BCUT2D eigenvalue weighted by molar-refractivity contribution is 6.07. The van der Waals surface area contributed by atoms with Gasteiger partial charge in [-0.2, -0.15) is 0 Å². The van der Waals surface area contributed by atoms with Crippen molar-refractivity contribution in [3.63, 3.8) is 0 Å². The van der Waals surface area contributed by atoms with Crippen molar-refractivity contribution in [3.8, 4) is 0 Å². The minimum atomic E-state index is -1.07. The number of halogens is 1. The van der Waals surface area contributed by atoms with E-state index < -0.39 is 52.8 Å². The van der Waals surface area contributed by atoms with Gasteiger partial charge in [0.15, 0.2) is 5.78 Å². The zero-order valence-corrected chi connectivity index (χ0v) is 27.8. The van der Waals surface area contributed by atoms with Gasteiger partial charge in [-0.1, -0.05) is 50.3 Å². The molecule has 2 aliphatic rings. The van der Waals surface area contributed by atoms with Crippen LogP contribution >= 0.6 is 0 Å². The van der Waals surface area contributed by atoms with Crippen LogP contribution in [0, 0.1) is 17.7 Å². The molecular weight excluding hydrogens is 605 g/mol. The first-order chi connectivity index (χ1) is 22.1. The molecular formula is C36H44FN3O7. The molecule has 10 nitrogen and oxygen atoms in total. The molecule has 0 saturated carbocycles. The number of fused-ring (bicyclic) bond motifs is 2. The fourth-order valence-electron chi connectivity index (χ4n) is 6.28. The van der Waals surface area contributed by atoms with Crippen LogP contribution in [0.5, 0.6) is 0 Å². The van der Waals surface area contributed by atoms with E-state index in [9.17, 15) is 28.4 Å². The number of alkyl carbamates (subject to hydrolysis) is 1. The highest BCUT2D eigenvalue weighted by Crippen LogP contribution is 2.47. The Morgan fingerprint density at radius 3 is 2.43 bits per heavy atom. The fourth-order valence-corrected chi connectivity index (χ4v) is 6.28. The highest BCUT2D eigenvalue weighted by atomic mass is 19.1. The summed E-state index contributed by atoms with van der Waals surface area (Å²) in [6.45, 7) is 10.6. The lowest BCUT2D eigenvalue weighted by Gasteiger charge is -2.30. The molecule has 1 saturated heterocycles. The molecule has 2 aliphatic heterocycles. The van der Waals surface area contributed by atoms with Crippen LogP contribution < -0.4 is 10.6 Å². The predicted molar refractivity (Wildman–Crippen MR) is 174 cm³/mol. The maximum Gasteiger partial charge on any atom is 0.408 e. The van der Waals surface area contributed by atoms with Gasteiger partial charge in [0, 0.05) is 30.6 Å². The molecule has 2 aromatic rings. The first-order valence-electron chi connectivity index (χ1n) is 16.0. The van der Waals surface area contributed by atoms with Gasteiger partial charge < -0.3 is 25.0 Å². The Morgan fingerprint density at radius 1 is 1.11 bits per heavy atom. The SMILES string of the molecule is CCOC(=O)/C=C/[C@@H]1C[C@@]2(CN1C(=O)[C@@H](CC(=O)C(NC(=O)OC(C)(C)C)C(C)C)Cc1ccc(F)cc1)C(=O)Nc1ccccc12. The number of likely N-dealkylation sites (tertiary alicyclic amines) is 1. The van der Waals surface area contributed by atoms with E-state index in [0.29, 0.717) is 11.3 Å². The number of hydrogen-bond acceptors (Lipinski definition) is 7. The fraction of sp³-hybridized carbons (Fsp3) is 0.472. The van der Waals surface area contributed by atoms with Crippen molar-refractivity contribution in [1.82, 2.24) is 10.2 Å². The van der Waals surface area contributed by atoms with Crippen molar-refractivity contribution >= 4 is 35.3 Å². The number of nitrogens with one attached hydrogen (secondary N) is 2. The number of para-hydroxylation sites is 1. The van der Waals surface area contributed by atoms with E-state index in [4.69, 9.17) is 9.47 Å². The number of rotatable bonds is 11. The maximum absolute atomic E-state index is 14.6. The van der Waals surface area contributed by atoms with E-state index in [1.54, 1.807) is 70.7 Å². The minimum Gasteiger partial charge on any atom is -0.463 e. The Balaban J connectivity index is 1.69. The summed E-state index contributed by atoms with van der Waals surface area (Å²) in [6.07, 6.45) is 2.15. The molecule has 2 N–H and O–H groups in total. The lowest BCUT2D eigenvalue weighted by atomic mass is 9.79. The standard InChI is InChI=1S/C36H44FN3O7/c1-7-46-30(42)17-16-26-20-36(27-10-8-9-11-28(27)38-33(36)44)21-40(26)32(43)24(18-23-12-14-25(37)15-13-23)19-29(41)31(22(2)3)39-34(45)47-35(4,5)6/h8-17,22,24,26,31H,7,18-21H2,1-6H3,(H,38,44)(H,39,45)/b17-16+/t24-,26-,31?,36+/m1/s1. The van der Waals surface area contributed by atoms with E-state index in [0.717, 1.165) is 5.56 Å². The molecule has 4 rings (SSSR count). The largest absolute Gasteiger partial charge is 0.463 e. The van der Waals surface area contributed by atoms with Crippen LogP contribution in [-0.2, 0) is 40.5 Å². The van der Waals surface area contributed by atoms with Gasteiger partial charge in [0.25, 0.3) is 0 Å². The first-order valence-corrected chi connectivity index (χ1v) is 16.0. The van der Waals surface area contributed by atoms with E-state index >= 15 is 0 Å². The molecule has 1 fully saturated rings. The Labute approximate surface area is 275 Å². The van der Waals surface area contributed by atoms with Crippen molar-refractivity contribution < 1.29 is 37.8 Å². The van der Waals surface area contributed by atoms with Crippen molar-refractivity contribution in [3.05, 3.63) is 77.6 Å². The van der Waals surface area contributed by atoms with Gasteiger partial charge >= 0.3 is 12.1 Å². The number of hydrogen-bond donors (Lipinski definition) is 2. The zero-order chi connectivity index (χ0) is 34.5. The number of esters is 1. The van der Waals surface area contributed by atoms with Crippen molar-refractivity contribution in [1.29, 1.82) is 0 Å². The monoisotopic (exact) mass is 649 g/mol. The summed E-state index contributed by atoms with van der Waals surface area (Å²) in [4.78, 5) is 68.5. The molecule has 2 aromatic carbocycles. The van der Waals surface area contributed by atoms with Gasteiger partial charge in [-0.25, -0.2) is 14.0 Å². The predicted octanol–water partition coefficient (Wildman–Crippen LogP) is 5.10. The quantitative estimate of drug-likeness (QED) is 0.256. The molecule has 1 unspecified atom stereocenters. The summed E-state index contributed by atoms with van der Waals surface area (Å²) >= 11 is 0. The summed E-state index contributed by atoms with van der Waals surface area (Å²) in [5.41, 5.74) is 0.196. The first kappa shape index (κ1) is 35.3. The molecule has 3 amide bonds. The molecule has 0 radical (unpaired) electrons. The third-order valence-corrected chi connectivity index (χ3v) is 8.43. The van der Waals surface area contributed by atoms with E-state index in [1.807, 2.05) is 18.2 Å². The molecule has 47 heavy (non-hydrogen) atoms. The van der Waals surface area contributed by atoms with Crippen LogP contribution in [0.1, 0.15) is 65.5 Å². The Hall–Kier alpha value is -4.54. The Kier molecular flexibility index (Phi) is 10.9. The number of anilines is 1. The van der Waals surface area contributed by atoms with Gasteiger partial charge in [-0.3, -0.25) is 14.4 Å². The molecule has 2 heterocycles. The van der Waals surface area contributed by atoms with Crippen molar-refractivity contribution in [2.45, 2.75) is 83.9 Å². The van der Waals surface area contributed by atoms with Crippen LogP contribution in [0.4, 0.5) is 14.9 Å². The zero-order valence-electron chi connectivity index (χ0n) is 27.8. The van der Waals surface area contributed by atoms with E-state index in [-0.39, 0.29) is 50.0 Å². The van der Waals surface area contributed by atoms with Gasteiger partial charge in [0.05, 0.1) is 24.1 Å². The maximum atomic E-state index is 14.6. The van der Waals surface area contributed by atoms with Crippen molar-refractivity contribution in [2.75, 3.05) is 18.5 Å². The summed E-state index contributed by atoms with van der Waals surface area (Å²) in [7, 11) is 0. The van der Waals surface area contributed by atoms with Gasteiger partial charge in [0.1, 0.15) is 11.4 Å². The number of carbonyl (C=O) groups is 5. The van der Waals surface area contributed by atoms with Gasteiger partial charge in [-0.15, -0.1) is 0 Å². The van der Waals surface area contributed by atoms with Crippen LogP contribution in [0.2, 0.25) is 0 Å². The Morgan fingerprint density at radius 2 is 1.79 bits per heavy atom. The number of amides is 3. The van der Waals surface area contributed by atoms with Crippen LogP contribution in [0.15, 0.2) is 60.7 Å². The molecule has 252 valence electrons. The highest BCUT2D eigenvalue weighted by Gasteiger charge is 2.55. The average molecular weight is 650 g/mol. The van der Waals surface area contributed by atoms with Gasteiger partial charge in [-0.05, 0) is 75.8 Å². The normalized spacial score (nSPS) is 20.2. The number of ether oxygens (including phenoxy) is 2. The minimum absolute atomic E-state index is 0.0182. The topological polar surface area (TPSA) is 131 Å². The van der Waals surface area contributed by atoms with E-state index in [1.165, 1.54) is 18.2 Å². The second-order valence-corrected chi connectivity index (χ2v) is 13.5. The second kappa shape index (κ2) is 14.5. The number of carbonyl (C=O) groups excluding carboxylic acids is 5. The number of benzene rings is 2.